The normalized spacial score (nSPS) is 15.0. The summed E-state index contributed by atoms with van der Waals surface area (Å²) in [7, 11) is 1.35. The molecule has 0 aliphatic heterocycles. The highest BCUT2D eigenvalue weighted by molar-refractivity contribution is 5.43. The molecule has 0 unspecified atom stereocenters. The lowest BCUT2D eigenvalue weighted by atomic mass is 9.82. The van der Waals surface area contributed by atoms with E-state index in [0.717, 1.165) is 24.3 Å². The molecule has 1 atom stereocenters. The topological polar surface area (TPSA) is 35.2 Å². The Balaban J connectivity index is 2.56. The van der Waals surface area contributed by atoms with E-state index in [-0.39, 0.29) is 5.56 Å². The Labute approximate surface area is 133 Å². The summed E-state index contributed by atoms with van der Waals surface area (Å²) >= 11 is 0. The molecule has 0 fully saturated rings. The Hall–Kier alpha value is -2.22. The van der Waals surface area contributed by atoms with Gasteiger partial charge < -0.3 is 10.5 Å². The van der Waals surface area contributed by atoms with Crippen LogP contribution in [0.5, 0.6) is 5.75 Å². The molecule has 0 aliphatic carbocycles. The zero-order valence-electron chi connectivity index (χ0n) is 12.4. The number of halogens is 6. The Morgan fingerprint density at radius 1 is 0.708 bits per heavy atom. The Kier molecular flexibility index (Phi) is 4.54. The van der Waals surface area contributed by atoms with Crippen molar-refractivity contribution in [2.75, 3.05) is 7.11 Å². The molecule has 130 valence electrons. The number of hydrogen-bond acceptors (Lipinski definition) is 2. The van der Waals surface area contributed by atoms with Crippen molar-refractivity contribution in [1.29, 1.82) is 0 Å². The lowest BCUT2D eigenvalue weighted by Crippen LogP contribution is -2.51. The minimum atomic E-state index is -4.92. The maximum Gasteiger partial charge on any atom is 0.416 e. The van der Waals surface area contributed by atoms with Crippen molar-refractivity contribution in [3.8, 4) is 5.75 Å². The minimum absolute atomic E-state index is 0.310. The third-order valence-corrected chi connectivity index (χ3v) is 3.66. The predicted molar refractivity (Wildman–Crippen MR) is 75.5 cm³/mol. The van der Waals surface area contributed by atoms with E-state index in [4.69, 9.17) is 10.5 Å². The van der Waals surface area contributed by atoms with E-state index in [9.17, 15) is 26.3 Å². The van der Waals surface area contributed by atoms with Crippen LogP contribution >= 0.6 is 0 Å². The van der Waals surface area contributed by atoms with Gasteiger partial charge in [-0.25, -0.2) is 0 Å². The van der Waals surface area contributed by atoms with Gasteiger partial charge in [-0.05, 0) is 35.4 Å². The van der Waals surface area contributed by atoms with Gasteiger partial charge in [-0.15, -0.1) is 0 Å². The molecule has 0 saturated heterocycles. The van der Waals surface area contributed by atoms with Gasteiger partial charge in [0.15, 0.2) is 5.54 Å². The number of methoxy groups -OCH3 is 1. The quantitative estimate of drug-likeness (QED) is 0.830. The Bertz CT molecular complexity index is 690. The SMILES string of the molecule is COc1ccc([C@](N)(c2ccc(C(F)(F)F)cc2)C(F)(F)F)cc1. The molecule has 2 aromatic carbocycles. The zero-order chi connectivity index (χ0) is 18.2. The number of alkyl halides is 6. The van der Waals surface area contributed by atoms with Gasteiger partial charge in [0.2, 0.25) is 0 Å². The highest BCUT2D eigenvalue weighted by Crippen LogP contribution is 2.43. The molecule has 0 amide bonds. The summed E-state index contributed by atoms with van der Waals surface area (Å²) in [5.74, 6) is 0.329. The summed E-state index contributed by atoms with van der Waals surface area (Å²) in [5, 5.41) is 0. The van der Waals surface area contributed by atoms with Crippen LogP contribution in [0.1, 0.15) is 16.7 Å². The molecule has 0 saturated carbocycles. The fourth-order valence-electron chi connectivity index (χ4n) is 2.27. The van der Waals surface area contributed by atoms with E-state index in [2.05, 4.69) is 0 Å². The van der Waals surface area contributed by atoms with E-state index < -0.39 is 29.0 Å². The number of nitrogens with two attached hydrogens (primary N) is 1. The first-order chi connectivity index (χ1) is 11.0. The highest BCUT2D eigenvalue weighted by atomic mass is 19.4. The average molecular weight is 349 g/mol. The average Bonchev–Trinajstić information content (AvgIpc) is 2.52. The fraction of sp³-hybridized carbons (Fsp3) is 0.250. The first-order valence-corrected chi connectivity index (χ1v) is 6.68. The van der Waals surface area contributed by atoms with Crippen molar-refractivity contribution in [3.63, 3.8) is 0 Å². The van der Waals surface area contributed by atoms with Crippen LogP contribution in [-0.4, -0.2) is 13.3 Å². The molecule has 2 aromatic rings. The van der Waals surface area contributed by atoms with Gasteiger partial charge >= 0.3 is 12.4 Å². The third kappa shape index (κ3) is 3.19. The van der Waals surface area contributed by atoms with Crippen molar-refractivity contribution in [2.45, 2.75) is 17.9 Å². The molecular weight excluding hydrogens is 336 g/mol. The maximum atomic E-state index is 13.6. The van der Waals surface area contributed by atoms with Crippen molar-refractivity contribution >= 4 is 0 Å². The fourth-order valence-corrected chi connectivity index (χ4v) is 2.27. The van der Waals surface area contributed by atoms with E-state index in [1.165, 1.54) is 19.2 Å². The van der Waals surface area contributed by atoms with E-state index in [0.29, 0.717) is 17.9 Å². The molecule has 2 N–H and O–H groups in total. The standard InChI is InChI=1S/C16H13F6NO/c1-24-13-8-6-11(7-9-13)14(23,16(20,21)22)10-2-4-12(5-3-10)15(17,18)19/h2-9H,23H2,1H3/t14-/m1/s1. The van der Waals surface area contributed by atoms with E-state index >= 15 is 0 Å². The summed E-state index contributed by atoms with van der Waals surface area (Å²) in [6.45, 7) is 0. The second kappa shape index (κ2) is 6.01. The van der Waals surface area contributed by atoms with Crippen molar-refractivity contribution in [3.05, 3.63) is 65.2 Å². The van der Waals surface area contributed by atoms with Crippen LogP contribution < -0.4 is 10.5 Å². The highest BCUT2D eigenvalue weighted by Gasteiger charge is 2.54. The number of rotatable bonds is 3. The van der Waals surface area contributed by atoms with Crippen LogP contribution in [0.25, 0.3) is 0 Å². The van der Waals surface area contributed by atoms with Crippen molar-refractivity contribution in [1.82, 2.24) is 0 Å². The summed E-state index contributed by atoms with van der Waals surface area (Å²) in [6, 6.07) is 7.48. The maximum absolute atomic E-state index is 13.6. The molecule has 0 radical (unpaired) electrons. The second-order valence-electron chi connectivity index (χ2n) is 5.11. The molecule has 0 aromatic heterocycles. The van der Waals surface area contributed by atoms with Crippen LogP contribution in [0.15, 0.2) is 48.5 Å². The minimum Gasteiger partial charge on any atom is -0.497 e. The van der Waals surface area contributed by atoms with Gasteiger partial charge in [0.1, 0.15) is 5.75 Å². The van der Waals surface area contributed by atoms with Gasteiger partial charge in [0.05, 0.1) is 12.7 Å². The van der Waals surface area contributed by atoms with Crippen molar-refractivity contribution < 1.29 is 31.1 Å². The Morgan fingerprint density at radius 2 is 1.08 bits per heavy atom. The van der Waals surface area contributed by atoms with Gasteiger partial charge in [0.25, 0.3) is 0 Å². The first-order valence-electron chi connectivity index (χ1n) is 6.68. The van der Waals surface area contributed by atoms with Crippen LogP contribution in [0.3, 0.4) is 0 Å². The van der Waals surface area contributed by atoms with Gasteiger partial charge in [-0.2, -0.15) is 26.3 Å². The van der Waals surface area contributed by atoms with Crippen LogP contribution in [0.2, 0.25) is 0 Å². The monoisotopic (exact) mass is 349 g/mol. The van der Waals surface area contributed by atoms with E-state index in [1.54, 1.807) is 0 Å². The number of hydrogen-bond donors (Lipinski definition) is 1. The number of ether oxygens (including phenoxy) is 1. The van der Waals surface area contributed by atoms with Crippen LogP contribution in [-0.2, 0) is 11.7 Å². The smallest absolute Gasteiger partial charge is 0.416 e. The van der Waals surface area contributed by atoms with Gasteiger partial charge in [-0.3, -0.25) is 0 Å². The van der Waals surface area contributed by atoms with Crippen LogP contribution in [0.4, 0.5) is 26.3 Å². The molecule has 24 heavy (non-hydrogen) atoms. The summed E-state index contributed by atoms with van der Waals surface area (Å²) < 4.78 is 83.5. The van der Waals surface area contributed by atoms with Gasteiger partial charge in [-0.1, -0.05) is 24.3 Å². The lowest BCUT2D eigenvalue weighted by Gasteiger charge is -2.33. The number of benzene rings is 2. The Morgan fingerprint density at radius 3 is 1.42 bits per heavy atom. The molecule has 0 heterocycles. The summed E-state index contributed by atoms with van der Waals surface area (Å²) in [5.41, 5.74) is 0.828. The molecular formula is C16H13F6NO. The predicted octanol–water partition coefficient (Wildman–Crippen LogP) is 4.48. The second-order valence-corrected chi connectivity index (χ2v) is 5.11. The lowest BCUT2D eigenvalue weighted by molar-refractivity contribution is -0.176. The first kappa shape index (κ1) is 18.1. The molecule has 0 spiro atoms. The van der Waals surface area contributed by atoms with Crippen LogP contribution in [0, 0.1) is 0 Å². The molecule has 2 nitrogen and oxygen atoms in total. The third-order valence-electron chi connectivity index (χ3n) is 3.66. The molecule has 0 bridgehead atoms. The van der Waals surface area contributed by atoms with Gasteiger partial charge in [0, 0.05) is 0 Å². The summed E-state index contributed by atoms with van der Waals surface area (Å²) in [6.07, 6.45) is -9.56. The zero-order valence-corrected chi connectivity index (χ0v) is 12.4. The molecule has 2 rings (SSSR count). The molecule has 0 aliphatic rings. The molecule has 8 heteroatoms. The van der Waals surface area contributed by atoms with Crippen molar-refractivity contribution in [2.24, 2.45) is 5.73 Å². The van der Waals surface area contributed by atoms with E-state index in [1.807, 2.05) is 0 Å². The summed E-state index contributed by atoms with van der Waals surface area (Å²) in [4.78, 5) is 0. The largest absolute Gasteiger partial charge is 0.497 e.